The number of rotatable bonds is 5. The number of carbonyl (C=O) groups is 2. The number of nitrogens with zero attached hydrogens (tertiary/aromatic N) is 3. The van der Waals surface area contributed by atoms with E-state index < -0.39 is 11.7 Å². The molecule has 166 valence electrons. The van der Waals surface area contributed by atoms with Crippen molar-refractivity contribution in [2.45, 2.75) is 19.0 Å². The molecule has 6 nitrogen and oxygen atoms in total. The topological polar surface area (TPSA) is 65.5 Å². The number of anilines is 1. The third-order valence-electron chi connectivity index (χ3n) is 4.96. The van der Waals surface area contributed by atoms with Gasteiger partial charge in [-0.3, -0.25) is 9.59 Å². The molecule has 2 heterocycles. The number of amides is 2. The molecule has 1 aliphatic rings. The van der Waals surface area contributed by atoms with Crippen molar-refractivity contribution in [1.82, 2.24) is 15.2 Å². The minimum absolute atomic E-state index is 0.0711. The van der Waals surface area contributed by atoms with E-state index in [0.717, 1.165) is 12.3 Å². The van der Waals surface area contributed by atoms with Gasteiger partial charge < -0.3 is 15.1 Å². The summed E-state index contributed by atoms with van der Waals surface area (Å²) in [5.41, 5.74) is -0.369. The Balaban J connectivity index is 1.51. The van der Waals surface area contributed by atoms with Crippen LogP contribution in [0.4, 0.5) is 19.0 Å². The first kappa shape index (κ1) is 22.9. The normalized spacial score (nSPS) is 14.8. The third kappa shape index (κ3) is 6.10. The first-order valence-corrected chi connectivity index (χ1v) is 10.2. The van der Waals surface area contributed by atoms with Crippen molar-refractivity contribution in [3.8, 4) is 0 Å². The van der Waals surface area contributed by atoms with E-state index in [2.05, 4.69) is 10.3 Å². The summed E-state index contributed by atoms with van der Waals surface area (Å²) in [7, 11) is 0. The Labute approximate surface area is 183 Å². The molecule has 2 aromatic rings. The molecule has 0 radical (unpaired) electrons. The first-order valence-electron chi connectivity index (χ1n) is 9.84. The predicted octanol–water partition coefficient (Wildman–Crippen LogP) is 3.61. The Hall–Kier alpha value is -2.81. The Morgan fingerprint density at radius 2 is 1.84 bits per heavy atom. The molecule has 3 rings (SSSR count). The van der Waals surface area contributed by atoms with E-state index in [4.69, 9.17) is 11.6 Å². The summed E-state index contributed by atoms with van der Waals surface area (Å²) < 4.78 is 38.4. The molecule has 0 unspecified atom stereocenters. The molecule has 0 bridgehead atoms. The summed E-state index contributed by atoms with van der Waals surface area (Å²) in [4.78, 5) is 31.9. The fourth-order valence-electron chi connectivity index (χ4n) is 3.33. The molecule has 1 aromatic heterocycles. The molecule has 0 atom stereocenters. The summed E-state index contributed by atoms with van der Waals surface area (Å²) in [6.07, 6.45) is -2.95. The highest BCUT2D eigenvalue weighted by atomic mass is 35.5. The van der Waals surface area contributed by atoms with Gasteiger partial charge in [-0.25, -0.2) is 4.98 Å². The molecular weight excluding hydrogens is 433 g/mol. The second-order valence-corrected chi connectivity index (χ2v) is 7.53. The highest BCUT2D eigenvalue weighted by molar-refractivity contribution is 6.33. The molecule has 1 saturated heterocycles. The zero-order valence-electron chi connectivity index (χ0n) is 16.7. The molecule has 2 amide bonds. The van der Waals surface area contributed by atoms with Crippen LogP contribution in [0, 0.1) is 0 Å². The lowest BCUT2D eigenvalue weighted by Gasteiger charge is -2.24. The first-order chi connectivity index (χ1) is 14.8. The number of aromatic nitrogens is 1. The van der Waals surface area contributed by atoms with Gasteiger partial charge in [0, 0.05) is 50.9 Å². The molecule has 0 saturated carbocycles. The van der Waals surface area contributed by atoms with Gasteiger partial charge in [-0.2, -0.15) is 13.2 Å². The number of nitrogens with one attached hydrogen (secondary N) is 1. The highest BCUT2D eigenvalue weighted by Crippen LogP contribution is 2.33. The van der Waals surface area contributed by atoms with Crippen LogP contribution in [0.1, 0.15) is 28.8 Å². The van der Waals surface area contributed by atoms with Crippen molar-refractivity contribution >= 4 is 29.2 Å². The Bertz CT molecular complexity index is 925. The molecule has 1 aliphatic heterocycles. The van der Waals surface area contributed by atoms with E-state index in [1.807, 2.05) is 6.07 Å². The predicted molar refractivity (Wildman–Crippen MR) is 111 cm³/mol. The lowest BCUT2D eigenvalue weighted by atomic mass is 10.2. The van der Waals surface area contributed by atoms with Crippen LogP contribution in [0.25, 0.3) is 0 Å². The lowest BCUT2D eigenvalue weighted by Crippen LogP contribution is -2.37. The molecule has 1 aromatic carbocycles. The fraction of sp³-hybridized carbons (Fsp3) is 0.381. The maximum Gasteiger partial charge on any atom is 0.417 e. The van der Waals surface area contributed by atoms with Gasteiger partial charge in [0.2, 0.25) is 5.91 Å². The molecular formula is C21H22ClF3N4O2. The van der Waals surface area contributed by atoms with Crippen LogP contribution in [-0.2, 0) is 11.0 Å². The third-order valence-corrected chi connectivity index (χ3v) is 5.24. The van der Waals surface area contributed by atoms with Crippen molar-refractivity contribution in [2.24, 2.45) is 0 Å². The van der Waals surface area contributed by atoms with Crippen molar-refractivity contribution in [3.05, 3.63) is 58.7 Å². The van der Waals surface area contributed by atoms with Crippen LogP contribution >= 0.6 is 11.6 Å². The second-order valence-electron chi connectivity index (χ2n) is 7.12. The van der Waals surface area contributed by atoms with E-state index in [1.165, 1.54) is 0 Å². The molecule has 10 heteroatoms. The maximum atomic E-state index is 12.8. The standard InChI is InChI=1S/C21H22ClF3N4O2/c22-17-13-16(21(23,24)25)14-27-19(17)29-10-4-9-28(11-12-29)18(30)7-8-26-20(31)15-5-2-1-3-6-15/h1-3,5-6,13-14H,4,7-12H2,(H,26,31). The van der Waals surface area contributed by atoms with Gasteiger partial charge in [-0.1, -0.05) is 29.8 Å². The van der Waals surface area contributed by atoms with E-state index >= 15 is 0 Å². The summed E-state index contributed by atoms with van der Waals surface area (Å²) in [6, 6.07) is 9.60. The van der Waals surface area contributed by atoms with Gasteiger partial charge in [-0.15, -0.1) is 0 Å². The zero-order valence-corrected chi connectivity index (χ0v) is 17.4. The summed E-state index contributed by atoms with van der Waals surface area (Å²) in [6.45, 7) is 2.05. The van der Waals surface area contributed by atoms with Crippen LogP contribution in [0.15, 0.2) is 42.6 Å². The average molecular weight is 455 g/mol. The number of halogens is 4. The Kier molecular flexibility index (Phi) is 7.37. The smallest absolute Gasteiger partial charge is 0.354 e. The van der Waals surface area contributed by atoms with E-state index in [-0.39, 0.29) is 35.6 Å². The van der Waals surface area contributed by atoms with Crippen LogP contribution < -0.4 is 10.2 Å². The SMILES string of the molecule is O=C(NCCC(=O)N1CCCN(c2ncc(C(F)(F)F)cc2Cl)CC1)c1ccccc1. The van der Waals surface area contributed by atoms with E-state index in [0.29, 0.717) is 38.2 Å². The van der Waals surface area contributed by atoms with Gasteiger partial charge in [0.15, 0.2) is 0 Å². The molecule has 0 spiro atoms. The van der Waals surface area contributed by atoms with Gasteiger partial charge in [0.25, 0.3) is 5.91 Å². The van der Waals surface area contributed by atoms with Gasteiger partial charge in [-0.05, 0) is 24.6 Å². The van der Waals surface area contributed by atoms with Crippen LogP contribution in [0.2, 0.25) is 5.02 Å². The summed E-state index contributed by atoms with van der Waals surface area (Å²) in [5.74, 6) is -0.0563. The van der Waals surface area contributed by atoms with Gasteiger partial charge in [0.1, 0.15) is 5.82 Å². The quantitative estimate of drug-likeness (QED) is 0.749. The Morgan fingerprint density at radius 3 is 2.52 bits per heavy atom. The van der Waals surface area contributed by atoms with Crippen LogP contribution in [0.3, 0.4) is 0 Å². The molecule has 31 heavy (non-hydrogen) atoms. The monoisotopic (exact) mass is 454 g/mol. The minimum Gasteiger partial charge on any atom is -0.354 e. The number of hydrogen-bond donors (Lipinski definition) is 1. The molecule has 1 fully saturated rings. The largest absolute Gasteiger partial charge is 0.417 e. The number of pyridine rings is 1. The second kappa shape index (κ2) is 10.00. The summed E-state index contributed by atoms with van der Waals surface area (Å²) >= 11 is 6.04. The number of benzene rings is 1. The number of hydrogen-bond acceptors (Lipinski definition) is 4. The number of carbonyl (C=O) groups excluding carboxylic acids is 2. The Morgan fingerprint density at radius 1 is 1.10 bits per heavy atom. The lowest BCUT2D eigenvalue weighted by molar-refractivity contribution is -0.137. The van der Waals surface area contributed by atoms with Gasteiger partial charge >= 0.3 is 6.18 Å². The molecule has 1 N–H and O–H groups in total. The van der Waals surface area contributed by atoms with Crippen molar-refractivity contribution in [2.75, 3.05) is 37.6 Å². The molecule has 0 aliphatic carbocycles. The van der Waals surface area contributed by atoms with Crippen molar-refractivity contribution in [1.29, 1.82) is 0 Å². The van der Waals surface area contributed by atoms with Crippen molar-refractivity contribution < 1.29 is 22.8 Å². The minimum atomic E-state index is -4.51. The number of alkyl halides is 3. The van der Waals surface area contributed by atoms with E-state index in [1.54, 1.807) is 34.1 Å². The summed E-state index contributed by atoms with van der Waals surface area (Å²) in [5, 5.41) is 2.66. The van der Waals surface area contributed by atoms with Crippen molar-refractivity contribution in [3.63, 3.8) is 0 Å². The van der Waals surface area contributed by atoms with E-state index in [9.17, 15) is 22.8 Å². The van der Waals surface area contributed by atoms with Crippen LogP contribution in [0.5, 0.6) is 0 Å². The van der Waals surface area contributed by atoms with Crippen LogP contribution in [-0.4, -0.2) is 54.4 Å². The zero-order chi connectivity index (χ0) is 22.4. The maximum absolute atomic E-state index is 12.8. The van der Waals surface area contributed by atoms with Gasteiger partial charge in [0.05, 0.1) is 10.6 Å². The average Bonchev–Trinajstić information content (AvgIpc) is 3.00. The fourth-order valence-corrected chi connectivity index (χ4v) is 3.62. The highest BCUT2D eigenvalue weighted by Gasteiger charge is 2.32.